The van der Waals surface area contributed by atoms with E-state index in [1.807, 2.05) is 29.8 Å². The van der Waals surface area contributed by atoms with E-state index >= 15 is 0 Å². The molecule has 0 bridgehead atoms. The Labute approximate surface area is 174 Å². The molecule has 0 N–H and O–H groups in total. The molecule has 1 aromatic carbocycles. The van der Waals surface area contributed by atoms with Gasteiger partial charge >= 0.3 is 0 Å². The van der Waals surface area contributed by atoms with Crippen molar-refractivity contribution in [2.24, 2.45) is 0 Å². The zero-order valence-electron chi connectivity index (χ0n) is 16.8. The van der Waals surface area contributed by atoms with Crippen molar-refractivity contribution in [1.82, 2.24) is 14.8 Å². The average Bonchev–Trinajstić information content (AvgIpc) is 3.12. The Morgan fingerprint density at radius 3 is 2.70 bits per heavy atom. The minimum atomic E-state index is -0.302. The first-order valence-corrected chi connectivity index (χ1v) is 10.1. The highest BCUT2D eigenvalue weighted by Crippen LogP contribution is 2.23. The average molecular weight is 406 g/mol. The highest BCUT2D eigenvalue weighted by molar-refractivity contribution is 5.95. The van der Waals surface area contributed by atoms with Crippen molar-refractivity contribution in [3.05, 3.63) is 65.9 Å². The third-order valence-corrected chi connectivity index (χ3v) is 5.19. The Bertz CT molecular complexity index is 1080. The second kappa shape index (κ2) is 8.57. The van der Waals surface area contributed by atoms with Gasteiger partial charge in [-0.3, -0.25) is 19.5 Å². The van der Waals surface area contributed by atoms with Crippen LogP contribution in [0.3, 0.4) is 0 Å². The number of carbonyl (C=O) groups is 2. The molecule has 3 heterocycles. The molecule has 0 saturated heterocycles. The smallest absolute Gasteiger partial charge is 0.228 e. The number of amides is 1. The molecule has 0 spiro atoms. The zero-order valence-corrected chi connectivity index (χ0v) is 16.8. The second-order valence-electron chi connectivity index (χ2n) is 7.53. The number of benzene rings is 1. The molecule has 154 valence electrons. The van der Waals surface area contributed by atoms with Crippen molar-refractivity contribution in [3.63, 3.8) is 0 Å². The maximum absolute atomic E-state index is 13.4. The normalized spacial score (nSPS) is 13.2. The Kier molecular flexibility index (Phi) is 5.70. The van der Waals surface area contributed by atoms with Crippen molar-refractivity contribution in [3.8, 4) is 11.1 Å². The lowest BCUT2D eigenvalue weighted by Gasteiger charge is -2.27. The van der Waals surface area contributed by atoms with Gasteiger partial charge in [0.15, 0.2) is 0 Å². The number of aryl methyl sites for hydroxylation is 2. The summed E-state index contributed by atoms with van der Waals surface area (Å²) in [6.07, 6.45) is 3.02. The summed E-state index contributed by atoms with van der Waals surface area (Å²) in [6.45, 7) is 3.37. The number of fused-ring (bicyclic) bond motifs is 1. The molecule has 1 aliphatic heterocycles. The van der Waals surface area contributed by atoms with Gasteiger partial charge in [0.05, 0.1) is 5.69 Å². The highest BCUT2D eigenvalue weighted by atomic mass is 19.1. The second-order valence-corrected chi connectivity index (χ2v) is 7.53. The van der Waals surface area contributed by atoms with Crippen LogP contribution in [0.15, 0.2) is 48.7 Å². The number of carbonyl (C=O) groups excluding carboxylic acids is 2. The number of hydrogen-bond donors (Lipinski definition) is 0. The summed E-state index contributed by atoms with van der Waals surface area (Å²) in [5.74, 6) is 0.420. The number of Topliss-reactive ketones (excluding diaryl/α,β-unsaturated/α-hetero) is 1. The first kappa shape index (κ1) is 19.9. The molecule has 1 amide bonds. The predicted octanol–water partition coefficient (Wildman–Crippen LogP) is 3.72. The van der Waals surface area contributed by atoms with E-state index in [-0.39, 0.29) is 36.8 Å². The van der Waals surface area contributed by atoms with E-state index in [0.717, 1.165) is 35.6 Å². The predicted molar refractivity (Wildman–Crippen MR) is 112 cm³/mol. The van der Waals surface area contributed by atoms with Crippen LogP contribution in [0.2, 0.25) is 0 Å². The van der Waals surface area contributed by atoms with Gasteiger partial charge in [-0.05, 0) is 37.1 Å². The van der Waals surface area contributed by atoms with E-state index in [0.29, 0.717) is 12.2 Å². The molecule has 3 aromatic rings. The Hall–Kier alpha value is -3.35. The number of pyridine rings is 1. The molecular formula is C23H23FN4O2. The molecule has 0 unspecified atom stereocenters. The first-order valence-electron chi connectivity index (χ1n) is 10.1. The topological polar surface area (TPSA) is 68.1 Å². The first-order chi connectivity index (χ1) is 14.5. The van der Waals surface area contributed by atoms with E-state index in [1.54, 1.807) is 23.2 Å². The standard InChI is InChI=1S/C23H23FN4O2/c1-16-12-22-27(10-3-11-28(22)26-16)23(30)9-8-21(29)14-20-7-6-18(15-25-20)17-4-2-5-19(24)13-17/h2,4-7,12-13,15H,3,8-11,14H2,1H3. The zero-order chi connectivity index (χ0) is 21.1. The van der Waals surface area contributed by atoms with Gasteiger partial charge in [0.1, 0.15) is 17.4 Å². The fourth-order valence-electron chi connectivity index (χ4n) is 3.70. The highest BCUT2D eigenvalue weighted by Gasteiger charge is 2.24. The monoisotopic (exact) mass is 406 g/mol. The van der Waals surface area contributed by atoms with Gasteiger partial charge < -0.3 is 0 Å². The van der Waals surface area contributed by atoms with Crippen LogP contribution < -0.4 is 4.90 Å². The van der Waals surface area contributed by atoms with Crippen LogP contribution in [0.1, 0.15) is 30.7 Å². The summed E-state index contributed by atoms with van der Waals surface area (Å²) in [5.41, 5.74) is 3.05. The number of halogens is 1. The third kappa shape index (κ3) is 4.45. The van der Waals surface area contributed by atoms with Crippen LogP contribution in [0.25, 0.3) is 11.1 Å². The van der Waals surface area contributed by atoms with Gasteiger partial charge in [-0.25, -0.2) is 9.07 Å². The van der Waals surface area contributed by atoms with Crippen LogP contribution >= 0.6 is 0 Å². The lowest BCUT2D eigenvalue weighted by Crippen LogP contribution is -2.37. The van der Waals surface area contributed by atoms with Crippen molar-refractivity contribution in [2.45, 2.75) is 39.2 Å². The minimum absolute atomic E-state index is 0.0314. The van der Waals surface area contributed by atoms with E-state index < -0.39 is 0 Å². The SMILES string of the molecule is Cc1cc2n(n1)CCCN2C(=O)CCC(=O)Cc1ccc(-c2cccc(F)c2)cn1. The summed E-state index contributed by atoms with van der Waals surface area (Å²) in [7, 11) is 0. The van der Waals surface area contributed by atoms with Crippen LogP contribution in [0, 0.1) is 12.7 Å². The summed E-state index contributed by atoms with van der Waals surface area (Å²) in [5, 5.41) is 4.40. The molecule has 7 heteroatoms. The number of hydrogen-bond acceptors (Lipinski definition) is 4. The van der Waals surface area contributed by atoms with Crippen LogP contribution in [-0.2, 0) is 22.6 Å². The molecule has 0 atom stereocenters. The van der Waals surface area contributed by atoms with Crippen molar-refractivity contribution in [1.29, 1.82) is 0 Å². The largest absolute Gasteiger partial charge is 0.299 e. The van der Waals surface area contributed by atoms with Gasteiger partial charge in [0.25, 0.3) is 0 Å². The van der Waals surface area contributed by atoms with Crippen LogP contribution in [-0.4, -0.2) is 33.0 Å². The van der Waals surface area contributed by atoms with Crippen molar-refractivity contribution in [2.75, 3.05) is 11.4 Å². The summed E-state index contributed by atoms with van der Waals surface area (Å²) in [4.78, 5) is 31.1. The van der Waals surface area contributed by atoms with Crippen LogP contribution in [0.5, 0.6) is 0 Å². The molecule has 4 rings (SSSR count). The molecule has 30 heavy (non-hydrogen) atoms. The molecule has 6 nitrogen and oxygen atoms in total. The molecule has 0 radical (unpaired) electrons. The summed E-state index contributed by atoms with van der Waals surface area (Å²) >= 11 is 0. The van der Waals surface area contributed by atoms with Gasteiger partial charge in [0.2, 0.25) is 5.91 Å². The number of anilines is 1. The maximum atomic E-state index is 13.4. The number of nitrogens with zero attached hydrogens (tertiary/aromatic N) is 4. The van der Waals surface area contributed by atoms with Crippen molar-refractivity contribution < 1.29 is 14.0 Å². The fourth-order valence-corrected chi connectivity index (χ4v) is 3.70. The molecule has 0 fully saturated rings. The van der Waals surface area contributed by atoms with Gasteiger partial charge in [-0.1, -0.05) is 18.2 Å². The molecule has 0 aliphatic carbocycles. The Balaban J connectivity index is 1.32. The third-order valence-electron chi connectivity index (χ3n) is 5.19. The van der Waals surface area contributed by atoms with Gasteiger partial charge in [0, 0.05) is 55.9 Å². The minimum Gasteiger partial charge on any atom is -0.299 e. The van der Waals surface area contributed by atoms with E-state index in [1.165, 1.54) is 12.1 Å². The Morgan fingerprint density at radius 2 is 1.93 bits per heavy atom. The van der Waals surface area contributed by atoms with Crippen molar-refractivity contribution >= 4 is 17.5 Å². The number of aromatic nitrogens is 3. The molecule has 2 aromatic heterocycles. The lowest BCUT2D eigenvalue weighted by atomic mass is 10.1. The fraction of sp³-hybridized carbons (Fsp3) is 0.304. The quantitative estimate of drug-likeness (QED) is 0.626. The lowest BCUT2D eigenvalue weighted by molar-refractivity contribution is -0.123. The summed E-state index contributed by atoms with van der Waals surface area (Å²) in [6, 6.07) is 11.8. The Morgan fingerprint density at radius 1 is 1.07 bits per heavy atom. The molecule has 0 saturated carbocycles. The molecule has 1 aliphatic rings. The number of ketones is 1. The molecular weight excluding hydrogens is 383 g/mol. The maximum Gasteiger partial charge on any atom is 0.228 e. The van der Waals surface area contributed by atoms with Gasteiger partial charge in [-0.2, -0.15) is 5.10 Å². The van der Waals surface area contributed by atoms with E-state index in [9.17, 15) is 14.0 Å². The van der Waals surface area contributed by atoms with E-state index in [2.05, 4.69) is 10.1 Å². The number of rotatable bonds is 6. The van der Waals surface area contributed by atoms with Gasteiger partial charge in [-0.15, -0.1) is 0 Å². The summed E-state index contributed by atoms with van der Waals surface area (Å²) < 4.78 is 15.2. The van der Waals surface area contributed by atoms with E-state index in [4.69, 9.17) is 0 Å². The van der Waals surface area contributed by atoms with Crippen LogP contribution in [0.4, 0.5) is 10.2 Å².